The Morgan fingerprint density at radius 1 is 1.16 bits per heavy atom. The van der Waals surface area contributed by atoms with Crippen LogP contribution in [0, 0.1) is 11.3 Å². The second-order valence-electron chi connectivity index (χ2n) is 7.39. The molecule has 0 spiro atoms. The molecule has 0 bridgehead atoms. The molecule has 1 aliphatic rings. The Kier molecular flexibility index (Phi) is 4.72. The molecule has 6 nitrogen and oxygen atoms in total. The number of imide groups is 1. The third-order valence-corrected chi connectivity index (χ3v) is 6.51. The normalized spacial score (nSPS) is 15.9. The topological polar surface area (TPSA) is 87.2 Å². The number of aromatic nitrogens is 1. The van der Waals surface area contributed by atoms with E-state index in [9.17, 15) is 14.9 Å². The van der Waals surface area contributed by atoms with Gasteiger partial charge in [0.15, 0.2) is 10.4 Å². The second-order valence-corrected chi connectivity index (χ2v) is 8.45. The van der Waals surface area contributed by atoms with E-state index in [2.05, 4.69) is 4.98 Å². The Morgan fingerprint density at radius 2 is 1.94 bits per heavy atom. The molecule has 0 saturated heterocycles. The summed E-state index contributed by atoms with van der Waals surface area (Å²) in [5.41, 5.74) is 2.26. The van der Waals surface area contributed by atoms with Crippen molar-refractivity contribution in [3.05, 3.63) is 70.1 Å². The van der Waals surface area contributed by atoms with E-state index < -0.39 is 11.8 Å². The van der Waals surface area contributed by atoms with Gasteiger partial charge in [-0.1, -0.05) is 36.4 Å². The van der Waals surface area contributed by atoms with E-state index in [4.69, 9.17) is 4.42 Å². The quantitative estimate of drug-likeness (QED) is 0.318. The number of nitrogens with zero attached hydrogens (tertiary/aromatic N) is 3. The van der Waals surface area contributed by atoms with Crippen LogP contribution >= 0.6 is 11.3 Å². The highest BCUT2D eigenvalue weighted by Gasteiger charge is 2.34. The van der Waals surface area contributed by atoms with Crippen molar-refractivity contribution in [1.29, 1.82) is 5.26 Å². The van der Waals surface area contributed by atoms with Gasteiger partial charge in [0.25, 0.3) is 11.8 Å². The van der Waals surface area contributed by atoms with Crippen molar-refractivity contribution in [2.24, 2.45) is 0 Å². The summed E-state index contributed by atoms with van der Waals surface area (Å²) in [6, 6.07) is 17.8. The van der Waals surface area contributed by atoms with Crippen LogP contribution in [-0.2, 0) is 9.59 Å². The summed E-state index contributed by atoms with van der Waals surface area (Å²) in [6.07, 6.45) is 1.70. The van der Waals surface area contributed by atoms with Gasteiger partial charge < -0.3 is 4.42 Å². The fraction of sp³-hybridized carbons (Fsp3) is 0.120. The summed E-state index contributed by atoms with van der Waals surface area (Å²) in [4.78, 5) is 32.4. The second kappa shape index (κ2) is 7.59. The highest BCUT2D eigenvalue weighted by molar-refractivity contribution is 7.19. The fourth-order valence-corrected chi connectivity index (χ4v) is 4.81. The number of rotatable bonds is 3. The van der Waals surface area contributed by atoms with Gasteiger partial charge in [-0.25, -0.2) is 0 Å². The predicted molar refractivity (Wildman–Crippen MR) is 124 cm³/mol. The van der Waals surface area contributed by atoms with Gasteiger partial charge in [0.1, 0.15) is 11.6 Å². The van der Waals surface area contributed by atoms with Gasteiger partial charge in [-0.05, 0) is 42.3 Å². The van der Waals surface area contributed by atoms with Gasteiger partial charge in [0, 0.05) is 28.6 Å². The Balaban J connectivity index is 1.57. The number of nitriles is 1. The van der Waals surface area contributed by atoms with Crippen LogP contribution in [0.2, 0.25) is 0 Å². The van der Waals surface area contributed by atoms with E-state index in [0.29, 0.717) is 27.5 Å². The minimum atomic E-state index is -0.545. The van der Waals surface area contributed by atoms with E-state index in [0.717, 1.165) is 26.1 Å². The molecule has 5 rings (SSSR count). The summed E-state index contributed by atoms with van der Waals surface area (Å²) >= 11 is 1.39. The Hall–Kier alpha value is -4.02. The lowest BCUT2D eigenvalue weighted by Crippen LogP contribution is -2.42. The van der Waals surface area contributed by atoms with Gasteiger partial charge in [0.05, 0.1) is 0 Å². The number of thiophene rings is 1. The molecule has 0 atom stereocenters. The number of likely N-dealkylation sites (N-methyl/N-ethyl adjacent to an activating group) is 1. The van der Waals surface area contributed by atoms with Crippen LogP contribution in [0.15, 0.2) is 69.7 Å². The highest BCUT2D eigenvalue weighted by atomic mass is 32.1. The molecular weight excluding hydrogens is 422 g/mol. The van der Waals surface area contributed by atoms with Crippen LogP contribution in [0.3, 0.4) is 0 Å². The molecule has 0 fully saturated rings. The molecular formula is C25H17N3O3S. The van der Waals surface area contributed by atoms with Crippen molar-refractivity contribution in [2.75, 3.05) is 6.54 Å². The first-order valence-corrected chi connectivity index (χ1v) is 10.9. The molecule has 3 heterocycles. The lowest BCUT2D eigenvalue weighted by molar-refractivity contribution is -0.140. The summed E-state index contributed by atoms with van der Waals surface area (Å²) in [5, 5.41) is 11.6. The van der Waals surface area contributed by atoms with Crippen LogP contribution < -0.4 is 0 Å². The van der Waals surface area contributed by atoms with Crippen LogP contribution in [0.5, 0.6) is 0 Å². The maximum absolute atomic E-state index is 12.8. The Bertz CT molecular complexity index is 1490. The molecule has 0 saturated carbocycles. The number of oxazole rings is 1. The Labute approximate surface area is 187 Å². The van der Waals surface area contributed by atoms with E-state index in [-0.39, 0.29) is 12.1 Å². The van der Waals surface area contributed by atoms with Crippen molar-refractivity contribution in [1.82, 2.24) is 9.88 Å². The lowest BCUT2D eigenvalue weighted by Gasteiger charge is -2.26. The number of carbonyl (C=O) groups is 2. The predicted octanol–water partition coefficient (Wildman–Crippen LogP) is 5.32. The van der Waals surface area contributed by atoms with Gasteiger partial charge in [-0.15, -0.1) is 11.3 Å². The van der Waals surface area contributed by atoms with Crippen LogP contribution in [-0.4, -0.2) is 28.2 Å². The molecule has 1 aliphatic heterocycles. The number of hydrogen-bond acceptors (Lipinski definition) is 6. The average molecular weight is 439 g/mol. The SMILES string of the molecule is CCN1C(=O)C(C#N)=C(C)/C(=C/c2cc3oc(-c4cccc5ccccc45)nc3s2)C1=O. The number of carbonyl (C=O) groups excluding carboxylic acids is 2. The summed E-state index contributed by atoms with van der Waals surface area (Å²) < 4.78 is 6.04. The number of hydrogen-bond donors (Lipinski definition) is 0. The number of amides is 2. The van der Waals surface area contributed by atoms with Crippen LogP contribution in [0.4, 0.5) is 0 Å². The summed E-state index contributed by atoms with van der Waals surface area (Å²) in [7, 11) is 0. The molecule has 2 aromatic carbocycles. The molecule has 2 aromatic heterocycles. The molecule has 32 heavy (non-hydrogen) atoms. The highest BCUT2D eigenvalue weighted by Crippen LogP contribution is 2.35. The molecule has 0 aliphatic carbocycles. The van der Waals surface area contributed by atoms with Crippen molar-refractivity contribution < 1.29 is 14.0 Å². The number of benzene rings is 2. The molecule has 4 aromatic rings. The smallest absolute Gasteiger partial charge is 0.271 e. The van der Waals surface area contributed by atoms with E-state index in [1.54, 1.807) is 19.9 Å². The average Bonchev–Trinajstić information content (AvgIpc) is 3.36. The van der Waals surface area contributed by atoms with Gasteiger partial charge >= 0.3 is 0 Å². The first kappa shape index (κ1) is 19.9. The summed E-state index contributed by atoms with van der Waals surface area (Å²) in [6.45, 7) is 3.54. The largest absolute Gasteiger partial charge is 0.435 e. The first-order valence-electron chi connectivity index (χ1n) is 10.1. The Morgan fingerprint density at radius 3 is 2.69 bits per heavy atom. The maximum atomic E-state index is 12.8. The molecule has 0 unspecified atom stereocenters. The van der Waals surface area contributed by atoms with Crippen molar-refractivity contribution in [2.45, 2.75) is 13.8 Å². The van der Waals surface area contributed by atoms with Crippen molar-refractivity contribution >= 4 is 50.4 Å². The van der Waals surface area contributed by atoms with Gasteiger partial charge in [-0.2, -0.15) is 10.2 Å². The van der Waals surface area contributed by atoms with Crippen LogP contribution in [0.25, 0.3) is 38.7 Å². The van der Waals surface area contributed by atoms with Gasteiger partial charge in [0.2, 0.25) is 5.89 Å². The zero-order chi connectivity index (χ0) is 22.4. The third kappa shape index (κ3) is 3.04. The molecule has 0 N–H and O–H groups in total. The molecule has 7 heteroatoms. The van der Waals surface area contributed by atoms with Crippen molar-refractivity contribution in [3.63, 3.8) is 0 Å². The van der Waals surface area contributed by atoms with E-state index >= 15 is 0 Å². The molecule has 156 valence electrons. The minimum absolute atomic E-state index is 0.00527. The molecule has 2 amide bonds. The number of fused-ring (bicyclic) bond motifs is 2. The van der Waals surface area contributed by atoms with Crippen LogP contribution in [0.1, 0.15) is 18.7 Å². The minimum Gasteiger partial charge on any atom is -0.435 e. The molecule has 0 radical (unpaired) electrons. The zero-order valence-corrected chi connectivity index (χ0v) is 18.2. The maximum Gasteiger partial charge on any atom is 0.271 e. The third-order valence-electron chi connectivity index (χ3n) is 5.56. The van der Waals surface area contributed by atoms with Crippen molar-refractivity contribution in [3.8, 4) is 17.5 Å². The first-order chi connectivity index (χ1) is 15.5. The summed E-state index contributed by atoms with van der Waals surface area (Å²) in [5.74, 6) is -0.402. The van der Waals surface area contributed by atoms with E-state index in [1.807, 2.05) is 54.6 Å². The fourth-order valence-electron chi connectivity index (χ4n) is 3.91. The zero-order valence-electron chi connectivity index (χ0n) is 17.4. The lowest BCUT2D eigenvalue weighted by atomic mass is 9.95. The monoisotopic (exact) mass is 439 g/mol. The van der Waals surface area contributed by atoms with Gasteiger partial charge in [-0.3, -0.25) is 14.5 Å². The van der Waals surface area contributed by atoms with E-state index in [1.165, 1.54) is 11.3 Å². The standard InChI is InChI=1S/C25H17N3O3S/c1-3-28-24(29)19(14(2)20(13-26)25(28)30)11-16-12-21-23(32-16)27-22(31-21)18-10-6-8-15-7-4-5-9-17(15)18/h4-12H,3H2,1-2H3/b19-11-.